The molecular formula is C15H23Br3O2. The zero-order chi connectivity index (χ0) is 15.2. The molecule has 2 nitrogen and oxygen atoms in total. The zero-order valence-electron chi connectivity index (χ0n) is 12.1. The maximum Gasteiger partial charge on any atom is 0.306 e. The zero-order valence-corrected chi connectivity index (χ0v) is 16.9. The van der Waals surface area contributed by atoms with Crippen LogP contribution in [0.15, 0.2) is 9.47 Å². The molecule has 1 fully saturated rings. The SMILES string of the molecule is CCC(C)(CC(=O)OC1CCCCC1)C(Br)C=C(Br)Br. The second-order valence-corrected chi connectivity index (χ2v) is 9.55. The first-order valence-electron chi connectivity index (χ1n) is 7.24. The van der Waals surface area contributed by atoms with Gasteiger partial charge in [-0.25, -0.2) is 0 Å². The number of hydrogen-bond acceptors (Lipinski definition) is 2. The molecule has 2 atom stereocenters. The van der Waals surface area contributed by atoms with Gasteiger partial charge in [-0.2, -0.15) is 0 Å². The lowest BCUT2D eigenvalue weighted by Gasteiger charge is -2.32. The predicted molar refractivity (Wildman–Crippen MR) is 94.6 cm³/mol. The maximum absolute atomic E-state index is 12.2. The van der Waals surface area contributed by atoms with Crippen LogP contribution in [-0.4, -0.2) is 16.9 Å². The smallest absolute Gasteiger partial charge is 0.306 e. The van der Waals surface area contributed by atoms with Crippen LogP contribution in [-0.2, 0) is 9.53 Å². The van der Waals surface area contributed by atoms with Gasteiger partial charge in [0.25, 0.3) is 0 Å². The van der Waals surface area contributed by atoms with E-state index in [1.807, 2.05) is 6.08 Å². The quantitative estimate of drug-likeness (QED) is 0.345. The molecule has 1 rings (SSSR count). The maximum atomic E-state index is 12.2. The van der Waals surface area contributed by atoms with Gasteiger partial charge in [-0.15, -0.1) is 0 Å². The highest BCUT2D eigenvalue weighted by molar-refractivity contribution is 9.28. The molecule has 116 valence electrons. The number of hydrogen-bond donors (Lipinski definition) is 0. The number of alkyl halides is 1. The van der Waals surface area contributed by atoms with Gasteiger partial charge in [0.05, 0.1) is 9.81 Å². The first-order valence-corrected chi connectivity index (χ1v) is 9.74. The Morgan fingerprint density at radius 1 is 1.35 bits per heavy atom. The summed E-state index contributed by atoms with van der Waals surface area (Å²) in [7, 11) is 0. The van der Waals surface area contributed by atoms with E-state index in [0.29, 0.717) is 6.42 Å². The van der Waals surface area contributed by atoms with Crippen molar-refractivity contribution < 1.29 is 9.53 Å². The molecule has 20 heavy (non-hydrogen) atoms. The van der Waals surface area contributed by atoms with Crippen molar-refractivity contribution in [1.82, 2.24) is 0 Å². The van der Waals surface area contributed by atoms with Gasteiger partial charge in [0.15, 0.2) is 0 Å². The lowest BCUT2D eigenvalue weighted by Crippen LogP contribution is -2.31. The summed E-state index contributed by atoms with van der Waals surface area (Å²) in [5, 5.41) is 0. The van der Waals surface area contributed by atoms with Gasteiger partial charge in [-0.05, 0) is 75.5 Å². The molecule has 0 aromatic carbocycles. The second-order valence-electron chi connectivity index (χ2n) is 5.79. The molecule has 0 heterocycles. The van der Waals surface area contributed by atoms with Crippen LogP contribution in [0.3, 0.4) is 0 Å². The van der Waals surface area contributed by atoms with E-state index >= 15 is 0 Å². The van der Waals surface area contributed by atoms with Crippen LogP contribution < -0.4 is 0 Å². The molecule has 0 aromatic rings. The van der Waals surface area contributed by atoms with E-state index in [-0.39, 0.29) is 22.3 Å². The van der Waals surface area contributed by atoms with Crippen molar-refractivity contribution in [3.63, 3.8) is 0 Å². The minimum atomic E-state index is -0.140. The summed E-state index contributed by atoms with van der Waals surface area (Å²) in [5.74, 6) is -0.0650. The Labute approximate surface area is 147 Å². The normalized spacial score (nSPS) is 20.9. The number of esters is 1. The summed E-state index contributed by atoms with van der Waals surface area (Å²) >= 11 is 10.4. The van der Waals surface area contributed by atoms with Crippen LogP contribution in [0.1, 0.15) is 58.8 Å². The molecule has 0 spiro atoms. The summed E-state index contributed by atoms with van der Waals surface area (Å²) in [4.78, 5) is 12.3. The van der Waals surface area contributed by atoms with Crippen molar-refractivity contribution in [2.24, 2.45) is 5.41 Å². The fourth-order valence-electron chi connectivity index (χ4n) is 2.47. The van der Waals surface area contributed by atoms with Crippen LogP contribution >= 0.6 is 47.8 Å². The van der Waals surface area contributed by atoms with E-state index in [1.165, 1.54) is 19.3 Å². The highest BCUT2D eigenvalue weighted by Crippen LogP contribution is 2.38. The molecule has 1 saturated carbocycles. The van der Waals surface area contributed by atoms with Crippen molar-refractivity contribution in [2.75, 3.05) is 0 Å². The number of carbonyl (C=O) groups is 1. The van der Waals surface area contributed by atoms with Gasteiger partial charge in [-0.1, -0.05) is 36.2 Å². The van der Waals surface area contributed by atoms with Crippen LogP contribution in [0.5, 0.6) is 0 Å². The Morgan fingerprint density at radius 3 is 2.45 bits per heavy atom. The van der Waals surface area contributed by atoms with Gasteiger partial charge in [0.1, 0.15) is 6.10 Å². The molecule has 0 saturated heterocycles. The Hall–Kier alpha value is 0.650. The van der Waals surface area contributed by atoms with Crippen molar-refractivity contribution in [3.05, 3.63) is 9.47 Å². The summed E-state index contributed by atoms with van der Waals surface area (Å²) in [6.07, 6.45) is 9.22. The number of halogens is 3. The Morgan fingerprint density at radius 2 is 1.95 bits per heavy atom. The molecule has 0 aliphatic heterocycles. The van der Waals surface area contributed by atoms with Gasteiger partial charge in [0.2, 0.25) is 0 Å². The molecule has 0 bridgehead atoms. The average molecular weight is 475 g/mol. The van der Waals surface area contributed by atoms with E-state index in [9.17, 15) is 4.79 Å². The summed E-state index contributed by atoms with van der Waals surface area (Å²) < 4.78 is 6.54. The Balaban J connectivity index is 2.57. The minimum Gasteiger partial charge on any atom is -0.462 e. The first-order chi connectivity index (χ1) is 9.37. The van der Waals surface area contributed by atoms with E-state index in [1.54, 1.807) is 0 Å². The molecule has 1 aliphatic rings. The largest absolute Gasteiger partial charge is 0.462 e. The fourth-order valence-corrected chi connectivity index (χ4v) is 4.46. The van der Waals surface area contributed by atoms with E-state index in [4.69, 9.17) is 4.74 Å². The van der Waals surface area contributed by atoms with Crippen LogP contribution in [0.4, 0.5) is 0 Å². The molecule has 0 N–H and O–H groups in total. The topological polar surface area (TPSA) is 26.3 Å². The third-order valence-electron chi connectivity index (χ3n) is 4.14. The third-order valence-corrected chi connectivity index (χ3v) is 6.04. The standard InChI is InChI=1S/C15H23Br3O2/c1-3-15(2,12(16)9-13(17)18)10-14(19)20-11-7-5-4-6-8-11/h9,11-12H,3-8,10H2,1-2H3. The Bertz CT molecular complexity index is 347. The van der Waals surface area contributed by atoms with Crippen LogP contribution in [0.25, 0.3) is 0 Å². The van der Waals surface area contributed by atoms with Crippen molar-refractivity contribution in [1.29, 1.82) is 0 Å². The molecule has 1 aliphatic carbocycles. The van der Waals surface area contributed by atoms with E-state index in [0.717, 1.165) is 22.7 Å². The van der Waals surface area contributed by atoms with Crippen molar-refractivity contribution in [3.8, 4) is 0 Å². The summed E-state index contributed by atoms with van der Waals surface area (Å²) in [6.45, 7) is 4.23. The molecule has 2 unspecified atom stereocenters. The second kappa shape index (κ2) is 8.94. The molecule has 5 heteroatoms. The molecule has 0 amide bonds. The molecule has 0 radical (unpaired) electrons. The highest BCUT2D eigenvalue weighted by atomic mass is 79.9. The molecule has 0 aromatic heterocycles. The summed E-state index contributed by atoms with van der Waals surface area (Å²) in [5.41, 5.74) is -0.140. The highest BCUT2D eigenvalue weighted by Gasteiger charge is 2.33. The predicted octanol–water partition coefficient (Wildman–Crippen LogP) is 6.06. The fraction of sp³-hybridized carbons (Fsp3) is 0.800. The van der Waals surface area contributed by atoms with Crippen molar-refractivity contribution >= 4 is 53.8 Å². The monoisotopic (exact) mass is 472 g/mol. The number of rotatable bonds is 6. The van der Waals surface area contributed by atoms with Gasteiger partial charge in [0, 0.05) is 4.83 Å². The van der Waals surface area contributed by atoms with Crippen LogP contribution in [0, 0.1) is 5.41 Å². The minimum absolute atomic E-state index is 0.0650. The van der Waals surface area contributed by atoms with E-state index < -0.39 is 0 Å². The first kappa shape index (κ1) is 18.7. The number of carbonyl (C=O) groups excluding carboxylic acids is 1. The lowest BCUT2D eigenvalue weighted by atomic mass is 9.80. The Kier molecular flexibility index (Phi) is 8.36. The van der Waals surface area contributed by atoms with Gasteiger partial charge < -0.3 is 4.74 Å². The average Bonchev–Trinajstić information content (AvgIpc) is 2.38. The van der Waals surface area contributed by atoms with Gasteiger partial charge >= 0.3 is 5.97 Å². The number of allylic oxidation sites excluding steroid dienone is 1. The number of ether oxygens (including phenoxy) is 1. The van der Waals surface area contributed by atoms with E-state index in [2.05, 4.69) is 61.6 Å². The summed E-state index contributed by atoms with van der Waals surface area (Å²) in [6, 6.07) is 0. The lowest BCUT2D eigenvalue weighted by molar-refractivity contribution is -0.153. The van der Waals surface area contributed by atoms with Crippen molar-refractivity contribution in [2.45, 2.75) is 69.7 Å². The molecular weight excluding hydrogens is 452 g/mol. The third kappa shape index (κ3) is 6.18. The van der Waals surface area contributed by atoms with Crippen LogP contribution in [0.2, 0.25) is 0 Å². The van der Waals surface area contributed by atoms with Gasteiger partial charge in [-0.3, -0.25) is 4.79 Å².